The number of alkyl halides is 1. The van der Waals surface area contributed by atoms with Gasteiger partial charge in [0.2, 0.25) is 0 Å². The van der Waals surface area contributed by atoms with Crippen LogP contribution in [0.15, 0.2) is 24.3 Å². The summed E-state index contributed by atoms with van der Waals surface area (Å²) >= 11 is 8.75. The highest BCUT2D eigenvalue weighted by atomic mass is 127. The minimum absolute atomic E-state index is 0.232. The average molecular weight is 397 g/mol. The van der Waals surface area contributed by atoms with Crippen LogP contribution in [0.25, 0.3) is 0 Å². The number of hydrogen-bond acceptors (Lipinski definition) is 4. The average Bonchev–Trinajstić information content (AvgIpc) is 2.60. The van der Waals surface area contributed by atoms with E-state index >= 15 is 0 Å². The van der Waals surface area contributed by atoms with E-state index in [9.17, 15) is 9.59 Å². The molecule has 1 aliphatic heterocycles. The Bertz CT molecular complexity index is 469. The number of rotatable bonds is 4. The first kappa shape index (κ1) is 14.0. The van der Waals surface area contributed by atoms with Crippen LogP contribution in [0.5, 0.6) is 0 Å². The van der Waals surface area contributed by atoms with Crippen LogP contribution >= 0.6 is 46.0 Å². The third kappa shape index (κ3) is 3.10. The number of halogens is 2. The number of benzene rings is 1. The minimum Gasteiger partial charge on any atom is -0.365 e. The molecule has 2 rings (SSSR count). The number of carbonyl (C=O) groups excluding carboxylic acids is 2. The second-order valence-electron chi connectivity index (χ2n) is 3.59. The molecule has 1 aromatic rings. The van der Waals surface area contributed by atoms with Gasteiger partial charge in [0.1, 0.15) is 0 Å². The van der Waals surface area contributed by atoms with Crippen LogP contribution < -0.4 is 5.32 Å². The summed E-state index contributed by atoms with van der Waals surface area (Å²) in [7, 11) is 0. The highest BCUT2D eigenvalue weighted by Crippen LogP contribution is 2.28. The van der Waals surface area contributed by atoms with E-state index in [0.29, 0.717) is 0 Å². The molecule has 0 spiro atoms. The molecule has 1 aliphatic rings. The second kappa shape index (κ2) is 6.12. The van der Waals surface area contributed by atoms with E-state index in [-0.39, 0.29) is 23.6 Å². The van der Waals surface area contributed by atoms with E-state index in [1.165, 1.54) is 4.90 Å². The molecule has 4 nitrogen and oxygen atoms in total. The van der Waals surface area contributed by atoms with Gasteiger partial charge < -0.3 is 5.32 Å². The van der Waals surface area contributed by atoms with Crippen LogP contribution in [0.3, 0.4) is 0 Å². The maximum atomic E-state index is 11.9. The number of amides is 2. The van der Waals surface area contributed by atoms with Crippen molar-refractivity contribution < 1.29 is 9.59 Å². The molecular weight excluding hydrogens is 387 g/mol. The summed E-state index contributed by atoms with van der Waals surface area (Å²) in [6.07, 6.45) is 0. The standard InChI is InChI=1S/C11H10ClIN2O2S/c12-5-6-15-10(16)9(18-11(15)17)14-8-3-1-7(13)2-4-8/h1-4,9,14H,5-6H2/t9-/m1/s1. The Balaban J connectivity index is 2.05. The highest BCUT2D eigenvalue weighted by Gasteiger charge is 2.39. The van der Waals surface area contributed by atoms with Crippen LogP contribution in [0.1, 0.15) is 0 Å². The molecule has 18 heavy (non-hydrogen) atoms. The van der Waals surface area contributed by atoms with Gasteiger partial charge in [0.05, 0.1) is 0 Å². The molecule has 0 saturated carbocycles. The molecular formula is C11H10ClIN2O2S. The lowest BCUT2D eigenvalue weighted by molar-refractivity contribution is -0.126. The SMILES string of the molecule is O=C1S[C@@H](Nc2ccc(I)cc2)C(=O)N1CCCl. The third-order valence-electron chi connectivity index (χ3n) is 2.38. The van der Waals surface area contributed by atoms with E-state index in [4.69, 9.17) is 11.6 Å². The van der Waals surface area contributed by atoms with E-state index in [1.807, 2.05) is 24.3 Å². The smallest absolute Gasteiger partial charge is 0.290 e. The lowest BCUT2D eigenvalue weighted by Crippen LogP contribution is -2.35. The first-order valence-electron chi connectivity index (χ1n) is 5.22. The molecule has 1 heterocycles. The van der Waals surface area contributed by atoms with Crippen molar-refractivity contribution in [3.63, 3.8) is 0 Å². The van der Waals surface area contributed by atoms with Crippen molar-refractivity contribution in [3.8, 4) is 0 Å². The van der Waals surface area contributed by atoms with E-state index in [0.717, 1.165) is 21.0 Å². The zero-order valence-electron chi connectivity index (χ0n) is 9.23. The Morgan fingerprint density at radius 1 is 1.33 bits per heavy atom. The molecule has 1 fully saturated rings. The van der Waals surface area contributed by atoms with Gasteiger partial charge in [0.15, 0.2) is 5.37 Å². The molecule has 96 valence electrons. The Labute approximate surface area is 128 Å². The minimum atomic E-state index is -0.555. The molecule has 1 N–H and O–H groups in total. The van der Waals surface area contributed by atoms with Crippen LogP contribution in [0.4, 0.5) is 10.5 Å². The van der Waals surface area contributed by atoms with Gasteiger partial charge in [-0.15, -0.1) is 11.6 Å². The zero-order valence-corrected chi connectivity index (χ0v) is 13.0. The highest BCUT2D eigenvalue weighted by molar-refractivity contribution is 14.1. The summed E-state index contributed by atoms with van der Waals surface area (Å²) in [6, 6.07) is 7.63. The number of nitrogens with zero attached hydrogens (tertiary/aromatic N) is 1. The zero-order chi connectivity index (χ0) is 13.1. The van der Waals surface area contributed by atoms with Gasteiger partial charge in [-0.3, -0.25) is 14.5 Å². The fraction of sp³-hybridized carbons (Fsp3) is 0.273. The Morgan fingerprint density at radius 3 is 2.61 bits per heavy atom. The third-order valence-corrected chi connectivity index (χ3v) is 4.24. The maximum Gasteiger partial charge on any atom is 0.290 e. The fourth-order valence-corrected chi connectivity index (χ4v) is 2.98. The Morgan fingerprint density at radius 2 is 2.00 bits per heavy atom. The number of nitrogens with one attached hydrogen (secondary N) is 1. The van der Waals surface area contributed by atoms with Gasteiger partial charge in [-0.2, -0.15) is 0 Å². The Kier molecular flexibility index (Phi) is 4.74. The maximum absolute atomic E-state index is 11.9. The molecule has 2 amide bonds. The number of imide groups is 1. The first-order chi connectivity index (χ1) is 8.61. The largest absolute Gasteiger partial charge is 0.365 e. The molecule has 1 aromatic carbocycles. The van der Waals surface area contributed by atoms with Crippen LogP contribution in [-0.2, 0) is 4.79 Å². The van der Waals surface area contributed by atoms with E-state index in [1.54, 1.807) is 0 Å². The van der Waals surface area contributed by atoms with Crippen LogP contribution in [0.2, 0.25) is 0 Å². The second-order valence-corrected chi connectivity index (χ2v) is 6.27. The van der Waals surface area contributed by atoms with Gasteiger partial charge in [-0.1, -0.05) is 0 Å². The summed E-state index contributed by atoms with van der Waals surface area (Å²) < 4.78 is 1.11. The summed E-state index contributed by atoms with van der Waals surface area (Å²) in [4.78, 5) is 24.7. The van der Waals surface area contributed by atoms with Crippen molar-refractivity contribution in [2.75, 3.05) is 17.7 Å². The van der Waals surface area contributed by atoms with Crippen molar-refractivity contribution in [1.82, 2.24) is 4.90 Å². The number of anilines is 1. The van der Waals surface area contributed by atoms with E-state index in [2.05, 4.69) is 27.9 Å². The fourth-order valence-electron chi connectivity index (χ4n) is 1.52. The lowest BCUT2D eigenvalue weighted by atomic mass is 10.3. The summed E-state index contributed by atoms with van der Waals surface area (Å²) in [5.74, 6) is 0.0260. The lowest BCUT2D eigenvalue weighted by Gasteiger charge is -2.13. The van der Waals surface area contributed by atoms with Crippen molar-refractivity contribution in [2.24, 2.45) is 0 Å². The van der Waals surface area contributed by atoms with Gasteiger partial charge >= 0.3 is 0 Å². The van der Waals surface area contributed by atoms with Gasteiger partial charge in [-0.25, -0.2) is 0 Å². The molecule has 0 aliphatic carbocycles. The van der Waals surface area contributed by atoms with Gasteiger partial charge in [0, 0.05) is 21.7 Å². The summed E-state index contributed by atoms with van der Waals surface area (Å²) in [5.41, 5.74) is 0.821. The van der Waals surface area contributed by atoms with Crippen molar-refractivity contribution in [3.05, 3.63) is 27.8 Å². The number of thioether (sulfide) groups is 1. The summed E-state index contributed by atoms with van der Waals surface area (Å²) in [6.45, 7) is 0.261. The predicted octanol–water partition coefficient (Wildman–Crippen LogP) is 2.96. The topological polar surface area (TPSA) is 49.4 Å². The van der Waals surface area contributed by atoms with Crippen molar-refractivity contribution in [2.45, 2.75) is 5.37 Å². The van der Waals surface area contributed by atoms with Crippen LogP contribution in [0, 0.1) is 3.57 Å². The Hall–Kier alpha value is -0.470. The summed E-state index contributed by atoms with van der Waals surface area (Å²) in [5, 5.41) is 2.24. The molecule has 0 radical (unpaired) electrons. The van der Waals surface area contributed by atoms with Gasteiger partial charge in [0.25, 0.3) is 11.1 Å². The number of carbonyl (C=O) groups is 2. The van der Waals surface area contributed by atoms with Crippen molar-refractivity contribution >= 4 is 62.8 Å². The van der Waals surface area contributed by atoms with Crippen LogP contribution in [-0.4, -0.2) is 33.8 Å². The van der Waals surface area contributed by atoms with E-state index < -0.39 is 5.37 Å². The first-order valence-corrected chi connectivity index (χ1v) is 7.71. The molecule has 1 saturated heterocycles. The normalized spacial score (nSPS) is 19.4. The van der Waals surface area contributed by atoms with Gasteiger partial charge in [-0.05, 0) is 58.6 Å². The quantitative estimate of drug-likeness (QED) is 0.628. The molecule has 1 atom stereocenters. The number of hydrogen-bond donors (Lipinski definition) is 1. The molecule has 0 aromatic heterocycles. The molecule has 0 bridgehead atoms. The molecule has 7 heteroatoms. The predicted molar refractivity (Wildman–Crippen MR) is 82.0 cm³/mol. The molecule has 0 unspecified atom stereocenters. The monoisotopic (exact) mass is 396 g/mol. The van der Waals surface area contributed by atoms with Crippen molar-refractivity contribution in [1.29, 1.82) is 0 Å².